The lowest BCUT2D eigenvalue weighted by molar-refractivity contribution is -0.145. The van der Waals surface area contributed by atoms with Crippen LogP contribution in [0.25, 0.3) is 0 Å². The van der Waals surface area contributed by atoms with Crippen molar-refractivity contribution in [3.05, 3.63) is 0 Å². The van der Waals surface area contributed by atoms with Gasteiger partial charge in [0.15, 0.2) is 0 Å². The van der Waals surface area contributed by atoms with Crippen LogP contribution in [0.2, 0.25) is 0 Å². The molecule has 0 aromatic rings. The molecule has 106 valence electrons. The highest BCUT2D eigenvalue weighted by Crippen LogP contribution is 2.11. The van der Waals surface area contributed by atoms with E-state index in [1.807, 2.05) is 6.92 Å². The summed E-state index contributed by atoms with van der Waals surface area (Å²) in [7, 11) is 1.80. The molecule has 0 aromatic carbocycles. The Morgan fingerprint density at radius 1 is 1.56 bits per heavy atom. The van der Waals surface area contributed by atoms with Crippen LogP contribution in [0.3, 0.4) is 0 Å². The highest BCUT2D eigenvalue weighted by atomic mass is 16.5. The van der Waals surface area contributed by atoms with Gasteiger partial charge < -0.3 is 14.8 Å². The first kappa shape index (κ1) is 15.4. The molecule has 1 N–H and O–H groups in total. The normalized spacial score (nSPS) is 22.7. The van der Waals surface area contributed by atoms with E-state index in [1.54, 1.807) is 7.05 Å². The first-order valence-corrected chi connectivity index (χ1v) is 6.88. The first-order chi connectivity index (χ1) is 8.72. The van der Waals surface area contributed by atoms with Crippen molar-refractivity contribution in [2.45, 2.75) is 38.8 Å². The van der Waals surface area contributed by atoms with E-state index in [1.165, 1.54) is 0 Å². The maximum absolute atomic E-state index is 11.7. The second-order valence-electron chi connectivity index (χ2n) is 4.55. The number of hydrogen-bond acceptors (Lipinski definition) is 5. The number of rotatable bonds is 7. The number of morpholine rings is 1. The number of carbonyl (C=O) groups excluding carboxylic acids is 1. The first-order valence-electron chi connectivity index (χ1n) is 6.88. The van der Waals surface area contributed by atoms with Crippen molar-refractivity contribution >= 4 is 5.97 Å². The molecule has 0 saturated carbocycles. The molecular formula is C13H26N2O3. The van der Waals surface area contributed by atoms with Gasteiger partial charge in [0.1, 0.15) is 6.04 Å². The fraction of sp³-hybridized carbons (Fsp3) is 0.923. The Kier molecular flexibility index (Phi) is 7.23. The van der Waals surface area contributed by atoms with Gasteiger partial charge in [0, 0.05) is 19.1 Å². The zero-order valence-electron chi connectivity index (χ0n) is 11.8. The molecule has 1 aliphatic heterocycles. The molecule has 2 unspecified atom stereocenters. The zero-order chi connectivity index (χ0) is 13.4. The van der Waals surface area contributed by atoms with E-state index in [9.17, 15) is 4.79 Å². The molecule has 1 aliphatic rings. The molecule has 0 spiro atoms. The molecule has 0 aromatic heterocycles. The van der Waals surface area contributed by atoms with Gasteiger partial charge in [-0.15, -0.1) is 0 Å². The zero-order valence-corrected chi connectivity index (χ0v) is 11.8. The maximum Gasteiger partial charge on any atom is 0.323 e. The highest BCUT2D eigenvalue weighted by Gasteiger charge is 2.24. The number of nitrogens with zero attached hydrogens (tertiary/aromatic N) is 1. The van der Waals surface area contributed by atoms with Gasteiger partial charge in [-0.25, -0.2) is 0 Å². The summed E-state index contributed by atoms with van der Waals surface area (Å²) in [6.07, 6.45) is 1.87. The Balaban J connectivity index is 2.38. The van der Waals surface area contributed by atoms with Crippen LogP contribution >= 0.6 is 0 Å². The van der Waals surface area contributed by atoms with Crippen molar-refractivity contribution < 1.29 is 14.3 Å². The topological polar surface area (TPSA) is 50.8 Å². The quantitative estimate of drug-likeness (QED) is 0.679. The summed E-state index contributed by atoms with van der Waals surface area (Å²) in [6, 6.07) is 0.281. The minimum absolute atomic E-state index is 0.152. The van der Waals surface area contributed by atoms with Gasteiger partial charge in [0.2, 0.25) is 0 Å². The molecule has 1 fully saturated rings. The van der Waals surface area contributed by atoms with E-state index in [0.29, 0.717) is 12.6 Å². The average molecular weight is 258 g/mol. The number of likely N-dealkylation sites (N-methyl/N-ethyl adjacent to an activating group) is 1. The molecule has 0 bridgehead atoms. The van der Waals surface area contributed by atoms with Crippen LogP contribution in [0.1, 0.15) is 26.7 Å². The molecule has 0 aliphatic carbocycles. The number of ether oxygens (including phenoxy) is 2. The van der Waals surface area contributed by atoms with E-state index in [0.717, 1.165) is 39.1 Å². The van der Waals surface area contributed by atoms with Gasteiger partial charge in [-0.2, -0.15) is 0 Å². The van der Waals surface area contributed by atoms with Gasteiger partial charge in [0.25, 0.3) is 0 Å². The third kappa shape index (κ3) is 4.55. The second-order valence-corrected chi connectivity index (χ2v) is 4.55. The molecule has 0 radical (unpaired) electrons. The third-order valence-electron chi connectivity index (χ3n) is 3.45. The highest BCUT2D eigenvalue weighted by molar-refractivity contribution is 5.75. The summed E-state index contributed by atoms with van der Waals surface area (Å²) in [4.78, 5) is 14.1. The molecule has 1 saturated heterocycles. The Hall–Kier alpha value is -0.650. The molecule has 5 nitrogen and oxygen atoms in total. The lowest BCUT2D eigenvalue weighted by Gasteiger charge is -2.35. The van der Waals surface area contributed by atoms with Crippen LogP contribution < -0.4 is 5.32 Å². The molecule has 1 heterocycles. The number of nitrogens with one attached hydrogen (secondary N) is 1. The number of hydrogen-bond donors (Lipinski definition) is 1. The SMILES string of the molecule is CCOC(=O)C(CCN1CCOCC1CC)NC. The van der Waals surface area contributed by atoms with Gasteiger partial charge in [0.05, 0.1) is 19.8 Å². The number of carbonyl (C=O) groups is 1. The van der Waals surface area contributed by atoms with Gasteiger partial charge in [-0.1, -0.05) is 6.92 Å². The number of esters is 1. The summed E-state index contributed by atoms with van der Waals surface area (Å²) < 4.78 is 10.5. The fourth-order valence-electron chi connectivity index (χ4n) is 2.28. The molecule has 1 rings (SSSR count). The predicted molar refractivity (Wildman–Crippen MR) is 70.6 cm³/mol. The lowest BCUT2D eigenvalue weighted by atomic mass is 10.1. The van der Waals surface area contributed by atoms with E-state index >= 15 is 0 Å². The lowest BCUT2D eigenvalue weighted by Crippen LogP contribution is -2.47. The van der Waals surface area contributed by atoms with E-state index < -0.39 is 0 Å². The van der Waals surface area contributed by atoms with Crippen molar-refractivity contribution in [1.82, 2.24) is 10.2 Å². The van der Waals surface area contributed by atoms with Gasteiger partial charge >= 0.3 is 5.97 Å². The summed E-state index contributed by atoms with van der Waals surface area (Å²) >= 11 is 0. The van der Waals surface area contributed by atoms with E-state index in [-0.39, 0.29) is 12.0 Å². The minimum Gasteiger partial charge on any atom is -0.465 e. The van der Waals surface area contributed by atoms with Crippen molar-refractivity contribution in [2.24, 2.45) is 0 Å². The van der Waals surface area contributed by atoms with Crippen LogP contribution in [-0.2, 0) is 14.3 Å². The Bertz CT molecular complexity index is 248. The molecule has 18 heavy (non-hydrogen) atoms. The smallest absolute Gasteiger partial charge is 0.323 e. The summed E-state index contributed by atoms with van der Waals surface area (Å²) in [5.41, 5.74) is 0. The van der Waals surface area contributed by atoms with Crippen LogP contribution in [0.15, 0.2) is 0 Å². The molecule has 5 heteroatoms. The van der Waals surface area contributed by atoms with Gasteiger partial charge in [-0.3, -0.25) is 9.69 Å². The average Bonchev–Trinajstić information content (AvgIpc) is 2.40. The Labute approximate surface area is 110 Å². The predicted octanol–water partition coefficient (Wildman–Crippen LogP) is 0.638. The molecule has 0 amide bonds. The Morgan fingerprint density at radius 3 is 2.94 bits per heavy atom. The molecular weight excluding hydrogens is 232 g/mol. The fourth-order valence-corrected chi connectivity index (χ4v) is 2.28. The van der Waals surface area contributed by atoms with Crippen molar-refractivity contribution in [3.8, 4) is 0 Å². The molecule has 2 atom stereocenters. The maximum atomic E-state index is 11.7. The largest absolute Gasteiger partial charge is 0.465 e. The monoisotopic (exact) mass is 258 g/mol. The van der Waals surface area contributed by atoms with Crippen LogP contribution in [-0.4, -0.2) is 62.9 Å². The summed E-state index contributed by atoms with van der Waals surface area (Å²) in [6.45, 7) is 7.91. The van der Waals surface area contributed by atoms with Crippen LogP contribution in [0.5, 0.6) is 0 Å². The van der Waals surface area contributed by atoms with E-state index in [4.69, 9.17) is 9.47 Å². The van der Waals surface area contributed by atoms with Crippen molar-refractivity contribution in [2.75, 3.05) is 40.0 Å². The third-order valence-corrected chi connectivity index (χ3v) is 3.45. The summed E-state index contributed by atoms with van der Waals surface area (Å²) in [5, 5.41) is 3.03. The second kappa shape index (κ2) is 8.45. The van der Waals surface area contributed by atoms with Crippen molar-refractivity contribution in [1.29, 1.82) is 0 Å². The minimum atomic E-state index is -0.203. The van der Waals surface area contributed by atoms with Crippen molar-refractivity contribution in [3.63, 3.8) is 0 Å². The van der Waals surface area contributed by atoms with Crippen LogP contribution in [0.4, 0.5) is 0 Å². The van der Waals surface area contributed by atoms with Gasteiger partial charge in [-0.05, 0) is 26.8 Å². The van der Waals surface area contributed by atoms with E-state index in [2.05, 4.69) is 17.1 Å². The Morgan fingerprint density at radius 2 is 2.33 bits per heavy atom. The summed E-state index contributed by atoms with van der Waals surface area (Å²) in [5.74, 6) is -0.152. The standard InChI is InChI=1S/C13H26N2O3/c1-4-11-10-17-9-8-15(11)7-6-12(14-3)13(16)18-5-2/h11-12,14H,4-10H2,1-3H3. The van der Waals surface area contributed by atoms with Crippen LogP contribution in [0, 0.1) is 0 Å².